The van der Waals surface area contributed by atoms with Gasteiger partial charge in [0, 0.05) is 5.30 Å². The maximum Gasteiger partial charge on any atom is 0.109 e. The first-order valence-corrected chi connectivity index (χ1v) is 18.1. The van der Waals surface area contributed by atoms with Gasteiger partial charge in [-0.15, -0.1) is 0 Å². The molecule has 7 aromatic carbocycles. The van der Waals surface area contributed by atoms with Crippen LogP contribution in [0.15, 0.2) is 164 Å². The van der Waals surface area contributed by atoms with Crippen molar-refractivity contribution >= 4 is 23.2 Å². The van der Waals surface area contributed by atoms with Gasteiger partial charge in [0.1, 0.15) is 7.14 Å². The van der Waals surface area contributed by atoms with Gasteiger partial charge in [0.25, 0.3) is 0 Å². The van der Waals surface area contributed by atoms with Crippen molar-refractivity contribution in [3.05, 3.63) is 186 Å². The molecule has 0 saturated carbocycles. The van der Waals surface area contributed by atoms with Gasteiger partial charge >= 0.3 is 0 Å². The van der Waals surface area contributed by atoms with Crippen LogP contribution in [0.25, 0.3) is 44.2 Å². The van der Waals surface area contributed by atoms with Crippen LogP contribution in [-0.2, 0) is 9.98 Å². The van der Waals surface area contributed by atoms with Crippen molar-refractivity contribution < 1.29 is 4.57 Å². The summed E-state index contributed by atoms with van der Waals surface area (Å²) in [6.45, 7) is 3.64. The van der Waals surface area contributed by atoms with Crippen LogP contribution in [0.1, 0.15) is 22.3 Å². The molecular weight excluding hydrogens is 563 g/mol. The van der Waals surface area contributed by atoms with E-state index in [0.717, 1.165) is 16.4 Å². The zero-order chi connectivity index (χ0) is 30.6. The highest BCUT2D eigenvalue weighted by molar-refractivity contribution is 7.70. The molecule has 1 aliphatic carbocycles. The quantitative estimate of drug-likeness (QED) is 0.181. The van der Waals surface area contributed by atoms with Gasteiger partial charge in [-0.25, -0.2) is 0 Å². The fraction of sp³-hybridized carbons (Fsp3) is 0.0698. The monoisotopic (exact) mass is 596 g/mol. The van der Waals surface area contributed by atoms with Gasteiger partial charge in [0.15, 0.2) is 0 Å². The molecule has 45 heavy (non-hydrogen) atoms. The molecule has 0 atom stereocenters. The predicted molar refractivity (Wildman–Crippen MR) is 191 cm³/mol. The Bertz CT molecular complexity index is 2200. The van der Waals surface area contributed by atoms with Crippen LogP contribution in [-0.4, -0.2) is 13.3 Å². The Morgan fingerprint density at radius 1 is 0.422 bits per heavy atom. The number of rotatable bonds is 5. The van der Waals surface area contributed by atoms with Crippen molar-refractivity contribution in [1.82, 2.24) is 0 Å². The topological polar surface area (TPSA) is 17.1 Å². The summed E-state index contributed by atoms with van der Waals surface area (Å²) in [4.78, 5) is 0. The number of fused-ring (bicyclic) bond motifs is 4. The van der Waals surface area contributed by atoms with Gasteiger partial charge in [-0.2, -0.15) is 0 Å². The summed E-state index contributed by atoms with van der Waals surface area (Å²) >= 11 is 0. The first-order chi connectivity index (χ1) is 21.9. The lowest BCUT2D eigenvalue weighted by atomic mass is 9.67. The average Bonchev–Trinajstić information content (AvgIpc) is 3.37. The van der Waals surface area contributed by atoms with E-state index >= 15 is 0 Å². The molecule has 1 nitrogen and oxygen atoms in total. The van der Waals surface area contributed by atoms with E-state index in [4.69, 9.17) is 0 Å². The first-order valence-electron chi connectivity index (χ1n) is 15.5. The molecule has 1 aliphatic rings. The molecule has 0 spiro atoms. The van der Waals surface area contributed by atoms with Crippen LogP contribution in [0.4, 0.5) is 0 Å². The minimum absolute atomic E-state index is 0.463. The molecule has 0 saturated heterocycles. The van der Waals surface area contributed by atoms with E-state index in [1.54, 1.807) is 0 Å². The van der Waals surface area contributed by atoms with E-state index in [9.17, 15) is 4.57 Å². The third-order valence-corrected chi connectivity index (χ3v) is 11.0. The SMILES string of the molecule is CP(C)(=O)c1ccc(-c2cccc(-c3ccc4c(c3)C(c3ccccc3)(c3ccccc3)c3cc5ccccc5cc3-4)c2)cc1. The molecule has 0 bridgehead atoms. The minimum atomic E-state index is -2.30. The van der Waals surface area contributed by atoms with E-state index in [-0.39, 0.29) is 0 Å². The van der Waals surface area contributed by atoms with Crippen LogP contribution >= 0.6 is 7.14 Å². The molecule has 0 unspecified atom stereocenters. The minimum Gasteiger partial charge on any atom is -0.319 e. The molecule has 0 N–H and O–H groups in total. The molecule has 0 heterocycles. The molecule has 2 heteroatoms. The zero-order valence-corrected chi connectivity index (χ0v) is 26.3. The fourth-order valence-corrected chi connectivity index (χ4v) is 8.11. The van der Waals surface area contributed by atoms with E-state index in [1.807, 2.05) is 25.5 Å². The maximum atomic E-state index is 12.6. The Morgan fingerprint density at radius 2 is 0.933 bits per heavy atom. The molecule has 216 valence electrons. The molecule has 0 radical (unpaired) electrons. The second-order valence-electron chi connectivity index (χ2n) is 12.5. The van der Waals surface area contributed by atoms with E-state index in [0.29, 0.717) is 0 Å². The lowest BCUT2D eigenvalue weighted by molar-refractivity contribution is 0.588. The lowest BCUT2D eigenvalue weighted by Gasteiger charge is -2.34. The van der Waals surface area contributed by atoms with Crippen LogP contribution in [0.3, 0.4) is 0 Å². The Kier molecular flexibility index (Phi) is 6.48. The second-order valence-corrected chi connectivity index (χ2v) is 15.7. The Hall–Kier alpha value is -4.97. The van der Waals surface area contributed by atoms with E-state index < -0.39 is 12.6 Å². The fourth-order valence-electron chi connectivity index (χ4n) is 7.24. The first kappa shape index (κ1) is 27.6. The van der Waals surface area contributed by atoms with Crippen molar-refractivity contribution in [1.29, 1.82) is 0 Å². The smallest absolute Gasteiger partial charge is 0.109 e. The molecule has 7 aromatic rings. The predicted octanol–water partition coefficient (Wildman–Crippen LogP) is 10.8. The summed E-state index contributed by atoms with van der Waals surface area (Å²) in [7, 11) is -2.30. The number of hydrogen-bond donors (Lipinski definition) is 0. The number of benzene rings is 7. The standard InChI is InChI=1S/C43H33OP/c1-45(2,44)38-23-20-30(21-24-38)31-14-11-15-32(26-31)35-22-25-39-40-27-33-12-9-10-13-34(33)28-42(40)43(41(39)29-35,36-16-5-3-6-17-36)37-18-7-4-8-19-37/h3-29H,1-2H3. The van der Waals surface area contributed by atoms with Gasteiger partial charge < -0.3 is 4.57 Å². The van der Waals surface area contributed by atoms with Crippen molar-refractivity contribution in [3.8, 4) is 33.4 Å². The normalized spacial score (nSPS) is 13.4. The van der Waals surface area contributed by atoms with Crippen molar-refractivity contribution in [2.75, 3.05) is 13.3 Å². The maximum absolute atomic E-state index is 12.6. The van der Waals surface area contributed by atoms with Crippen LogP contribution < -0.4 is 5.30 Å². The van der Waals surface area contributed by atoms with Gasteiger partial charge in [0.05, 0.1) is 5.41 Å². The summed E-state index contributed by atoms with van der Waals surface area (Å²) < 4.78 is 12.6. The number of hydrogen-bond acceptors (Lipinski definition) is 1. The summed E-state index contributed by atoms with van der Waals surface area (Å²) in [6, 6.07) is 59.5. The summed E-state index contributed by atoms with van der Waals surface area (Å²) in [5.74, 6) is 0. The van der Waals surface area contributed by atoms with E-state index in [1.165, 1.54) is 55.3 Å². The molecule has 0 aromatic heterocycles. The highest BCUT2D eigenvalue weighted by Gasteiger charge is 2.46. The van der Waals surface area contributed by atoms with E-state index in [2.05, 4.69) is 152 Å². The van der Waals surface area contributed by atoms with Crippen LogP contribution in [0, 0.1) is 0 Å². The summed E-state index contributed by atoms with van der Waals surface area (Å²) in [5.41, 5.74) is 11.9. The van der Waals surface area contributed by atoms with Gasteiger partial charge in [0.2, 0.25) is 0 Å². The van der Waals surface area contributed by atoms with Gasteiger partial charge in [-0.1, -0.05) is 140 Å². The average molecular weight is 597 g/mol. The Morgan fingerprint density at radius 3 is 1.56 bits per heavy atom. The summed E-state index contributed by atoms with van der Waals surface area (Å²) in [5, 5.41) is 3.41. The van der Waals surface area contributed by atoms with Gasteiger partial charge in [-0.3, -0.25) is 0 Å². The third kappa shape index (κ3) is 4.50. The van der Waals surface area contributed by atoms with Crippen molar-refractivity contribution in [3.63, 3.8) is 0 Å². The zero-order valence-electron chi connectivity index (χ0n) is 25.4. The molecular formula is C43H33OP. The molecule has 0 fully saturated rings. The highest BCUT2D eigenvalue weighted by atomic mass is 31.2. The highest BCUT2D eigenvalue weighted by Crippen LogP contribution is 2.57. The Balaban J connectivity index is 1.36. The van der Waals surface area contributed by atoms with Crippen LogP contribution in [0.2, 0.25) is 0 Å². The largest absolute Gasteiger partial charge is 0.319 e. The lowest BCUT2D eigenvalue weighted by Crippen LogP contribution is -2.28. The second kappa shape index (κ2) is 10.6. The molecule has 0 aliphatic heterocycles. The van der Waals surface area contributed by atoms with Crippen molar-refractivity contribution in [2.24, 2.45) is 0 Å². The summed E-state index contributed by atoms with van der Waals surface area (Å²) in [6.07, 6.45) is 0. The molecule has 0 amide bonds. The van der Waals surface area contributed by atoms with Gasteiger partial charge in [-0.05, 0) is 104 Å². The van der Waals surface area contributed by atoms with Crippen molar-refractivity contribution in [2.45, 2.75) is 5.41 Å². The third-order valence-electron chi connectivity index (χ3n) is 9.44. The Labute approximate surface area is 265 Å². The molecule has 8 rings (SSSR count). The van der Waals surface area contributed by atoms with Crippen LogP contribution in [0.5, 0.6) is 0 Å².